The molecule has 1 aliphatic rings. The van der Waals surface area contributed by atoms with Gasteiger partial charge in [0.1, 0.15) is 17.2 Å². The van der Waals surface area contributed by atoms with Gasteiger partial charge in [-0.15, -0.1) is 0 Å². The lowest BCUT2D eigenvalue weighted by molar-refractivity contribution is 0.0762. The van der Waals surface area contributed by atoms with Crippen molar-refractivity contribution < 1.29 is 14.0 Å². The minimum atomic E-state index is -0.629. The van der Waals surface area contributed by atoms with Crippen molar-refractivity contribution in [2.45, 2.75) is 25.7 Å². The molecule has 0 unspecified atom stereocenters. The molecule has 0 spiro atoms. The molecule has 1 N–H and O–H groups in total. The van der Waals surface area contributed by atoms with Crippen LogP contribution in [0.25, 0.3) is 5.69 Å². The molecular formula is C23H23FN4O2. The van der Waals surface area contributed by atoms with Crippen LogP contribution in [-0.2, 0) is 0 Å². The fraction of sp³-hybridized carbons (Fsp3) is 0.261. The maximum absolute atomic E-state index is 14.1. The summed E-state index contributed by atoms with van der Waals surface area (Å²) in [5.74, 6) is -1.19. The molecule has 1 aromatic heterocycles. The van der Waals surface area contributed by atoms with Crippen LogP contribution in [0.5, 0.6) is 0 Å². The number of benzene rings is 2. The number of nitrogens with one attached hydrogen (secondary N) is 1. The topological polar surface area (TPSA) is 67.2 Å². The minimum absolute atomic E-state index is 0.0912. The minimum Gasteiger partial charge on any atom is -0.338 e. The average molecular weight is 406 g/mol. The smallest absolute Gasteiger partial charge is 0.259 e. The predicted molar refractivity (Wildman–Crippen MR) is 112 cm³/mol. The van der Waals surface area contributed by atoms with Crippen LogP contribution < -0.4 is 5.32 Å². The number of amides is 2. The largest absolute Gasteiger partial charge is 0.338 e. The van der Waals surface area contributed by atoms with Crippen molar-refractivity contribution in [2.24, 2.45) is 0 Å². The molecule has 6 nitrogen and oxygen atoms in total. The van der Waals surface area contributed by atoms with Gasteiger partial charge in [0.15, 0.2) is 0 Å². The SMILES string of the molecule is O=C(Nc1c(C(=O)N2CCCCCC2)cnn1-c1ccccc1)c1ccccc1F. The Balaban J connectivity index is 1.72. The molecular weight excluding hydrogens is 383 g/mol. The van der Waals surface area contributed by atoms with Crippen molar-refractivity contribution in [3.63, 3.8) is 0 Å². The maximum Gasteiger partial charge on any atom is 0.259 e. The van der Waals surface area contributed by atoms with Crippen LogP contribution in [-0.4, -0.2) is 39.6 Å². The monoisotopic (exact) mass is 406 g/mol. The molecule has 0 radical (unpaired) electrons. The van der Waals surface area contributed by atoms with E-state index in [-0.39, 0.29) is 17.3 Å². The molecule has 1 fully saturated rings. The summed E-state index contributed by atoms with van der Waals surface area (Å²) in [4.78, 5) is 27.9. The third-order valence-corrected chi connectivity index (χ3v) is 5.24. The van der Waals surface area contributed by atoms with E-state index >= 15 is 0 Å². The molecule has 0 atom stereocenters. The van der Waals surface area contributed by atoms with E-state index in [1.54, 1.807) is 11.0 Å². The lowest BCUT2D eigenvalue weighted by Gasteiger charge is -2.20. The molecule has 2 heterocycles. The Labute approximate surface area is 174 Å². The number of nitrogens with zero attached hydrogens (tertiary/aromatic N) is 3. The van der Waals surface area contributed by atoms with Crippen LogP contribution in [0.15, 0.2) is 60.8 Å². The Morgan fingerprint density at radius 1 is 0.867 bits per heavy atom. The van der Waals surface area contributed by atoms with Crippen molar-refractivity contribution in [1.29, 1.82) is 0 Å². The zero-order valence-corrected chi connectivity index (χ0v) is 16.6. The standard InChI is InChI=1S/C23H23FN4O2/c24-20-13-7-6-12-18(20)22(29)26-21-19(23(30)27-14-8-1-2-9-15-27)16-25-28(21)17-10-4-3-5-11-17/h3-7,10-13,16H,1-2,8-9,14-15H2,(H,26,29). The molecule has 0 saturated carbocycles. The second-order valence-corrected chi connectivity index (χ2v) is 7.29. The van der Waals surface area contributed by atoms with Crippen molar-refractivity contribution in [1.82, 2.24) is 14.7 Å². The quantitative estimate of drug-likeness (QED) is 0.703. The van der Waals surface area contributed by atoms with Gasteiger partial charge in [-0.2, -0.15) is 5.10 Å². The highest BCUT2D eigenvalue weighted by atomic mass is 19.1. The number of halogens is 1. The van der Waals surface area contributed by atoms with Gasteiger partial charge < -0.3 is 10.2 Å². The first-order valence-electron chi connectivity index (χ1n) is 10.1. The molecule has 1 saturated heterocycles. The number of likely N-dealkylation sites (tertiary alicyclic amines) is 1. The number of hydrogen-bond donors (Lipinski definition) is 1. The van der Waals surface area contributed by atoms with Crippen LogP contribution in [0, 0.1) is 5.82 Å². The zero-order chi connectivity index (χ0) is 20.9. The summed E-state index contributed by atoms with van der Waals surface area (Å²) >= 11 is 0. The maximum atomic E-state index is 14.1. The van der Waals surface area contributed by atoms with Crippen molar-refractivity contribution in [2.75, 3.05) is 18.4 Å². The zero-order valence-electron chi connectivity index (χ0n) is 16.6. The van der Waals surface area contributed by atoms with Crippen LogP contribution in [0.4, 0.5) is 10.2 Å². The molecule has 0 bridgehead atoms. The summed E-state index contributed by atoms with van der Waals surface area (Å²) in [5, 5.41) is 7.08. The molecule has 154 valence electrons. The predicted octanol–water partition coefficient (Wildman–Crippen LogP) is 4.28. The number of aromatic nitrogens is 2. The third-order valence-electron chi connectivity index (χ3n) is 5.24. The van der Waals surface area contributed by atoms with Gasteiger partial charge in [-0.05, 0) is 37.1 Å². The van der Waals surface area contributed by atoms with Crippen molar-refractivity contribution >= 4 is 17.6 Å². The van der Waals surface area contributed by atoms with E-state index in [1.165, 1.54) is 29.1 Å². The second kappa shape index (κ2) is 8.90. The highest BCUT2D eigenvalue weighted by molar-refractivity contribution is 6.08. The number of anilines is 1. The number of hydrogen-bond acceptors (Lipinski definition) is 3. The molecule has 2 aromatic carbocycles. The van der Waals surface area contributed by atoms with Gasteiger partial charge in [-0.1, -0.05) is 43.2 Å². The Bertz CT molecular complexity index is 1040. The summed E-state index contributed by atoms with van der Waals surface area (Å²) in [6.07, 6.45) is 5.58. The Hall–Kier alpha value is -3.48. The third kappa shape index (κ3) is 4.10. The molecule has 3 aromatic rings. The first-order valence-corrected chi connectivity index (χ1v) is 10.1. The molecule has 1 aliphatic heterocycles. The van der Waals surface area contributed by atoms with Gasteiger partial charge in [0, 0.05) is 13.1 Å². The first kappa shape index (κ1) is 19.8. The molecule has 0 aliphatic carbocycles. The Kier molecular flexibility index (Phi) is 5.88. The lowest BCUT2D eigenvalue weighted by atomic mass is 10.2. The summed E-state index contributed by atoms with van der Waals surface area (Å²) < 4.78 is 15.6. The van der Waals surface area contributed by atoms with E-state index < -0.39 is 11.7 Å². The van der Waals surface area contributed by atoms with E-state index in [4.69, 9.17) is 0 Å². The number of para-hydroxylation sites is 1. The van der Waals surface area contributed by atoms with E-state index in [0.717, 1.165) is 25.7 Å². The number of carbonyl (C=O) groups is 2. The Morgan fingerprint density at radius 3 is 2.23 bits per heavy atom. The van der Waals surface area contributed by atoms with Crippen LogP contribution in [0.3, 0.4) is 0 Å². The molecule has 7 heteroatoms. The van der Waals surface area contributed by atoms with E-state index in [2.05, 4.69) is 10.4 Å². The van der Waals surface area contributed by atoms with Gasteiger partial charge in [0.05, 0.1) is 17.4 Å². The lowest BCUT2D eigenvalue weighted by Crippen LogP contribution is -2.32. The molecule has 4 rings (SSSR count). The molecule has 30 heavy (non-hydrogen) atoms. The van der Waals surface area contributed by atoms with Gasteiger partial charge in [0.2, 0.25) is 0 Å². The summed E-state index contributed by atoms with van der Waals surface area (Å²) in [6, 6.07) is 15.0. The van der Waals surface area contributed by atoms with E-state index in [1.807, 2.05) is 30.3 Å². The molecule has 2 amide bonds. The van der Waals surface area contributed by atoms with Crippen molar-refractivity contribution in [3.8, 4) is 5.69 Å². The van der Waals surface area contributed by atoms with Gasteiger partial charge >= 0.3 is 0 Å². The second-order valence-electron chi connectivity index (χ2n) is 7.29. The summed E-state index contributed by atoms with van der Waals surface area (Å²) in [7, 11) is 0. The van der Waals surface area contributed by atoms with Crippen LogP contribution in [0.1, 0.15) is 46.4 Å². The highest BCUT2D eigenvalue weighted by Crippen LogP contribution is 2.24. The van der Waals surface area contributed by atoms with Crippen LogP contribution in [0.2, 0.25) is 0 Å². The highest BCUT2D eigenvalue weighted by Gasteiger charge is 2.26. The van der Waals surface area contributed by atoms with Crippen LogP contribution >= 0.6 is 0 Å². The fourth-order valence-electron chi connectivity index (χ4n) is 3.65. The number of carbonyl (C=O) groups excluding carboxylic acids is 2. The van der Waals surface area contributed by atoms with Gasteiger partial charge in [0.25, 0.3) is 11.8 Å². The normalized spacial score (nSPS) is 14.2. The first-order chi connectivity index (χ1) is 14.6. The summed E-state index contributed by atoms with van der Waals surface area (Å²) in [5.41, 5.74) is 0.896. The number of rotatable bonds is 4. The Morgan fingerprint density at radius 2 is 1.53 bits per heavy atom. The summed E-state index contributed by atoms with van der Waals surface area (Å²) in [6.45, 7) is 1.35. The van der Waals surface area contributed by atoms with Gasteiger partial charge in [-0.3, -0.25) is 9.59 Å². The van der Waals surface area contributed by atoms with Gasteiger partial charge in [-0.25, -0.2) is 9.07 Å². The fourth-order valence-corrected chi connectivity index (χ4v) is 3.65. The van der Waals surface area contributed by atoms with Crippen molar-refractivity contribution in [3.05, 3.63) is 77.7 Å². The average Bonchev–Trinajstić information content (AvgIpc) is 2.98. The van der Waals surface area contributed by atoms with E-state index in [9.17, 15) is 14.0 Å². The van der Waals surface area contributed by atoms with E-state index in [0.29, 0.717) is 24.3 Å².